The normalized spacial score (nSPS) is 17.6. The summed E-state index contributed by atoms with van der Waals surface area (Å²) in [4.78, 5) is 2.68. The summed E-state index contributed by atoms with van der Waals surface area (Å²) in [6.07, 6.45) is 6.83. The Balaban J connectivity index is 1.07. The Morgan fingerprint density at radius 1 is 0.439 bits per heavy atom. The van der Waals surface area contributed by atoms with Crippen molar-refractivity contribution >= 4 is 44.5 Å². The van der Waals surface area contributed by atoms with Crippen molar-refractivity contribution in [3.63, 3.8) is 0 Å². The number of hydrogen-bond donors (Lipinski definition) is 0. The molecule has 0 unspecified atom stereocenters. The first kappa shape index (κ1) is 39.5. The molecule has 0 heterocycles. The zero-order valence-electron chi connectivity index (χ0n) is 36.3. The maximum absolute atomic E-state index is 4.64. The molecule has 0 nitrogen and oxygen atoms in total. The van der Waals surface area contributed by atoms with Gasteiger partial charge < -0.3 is 0 Å². The van der Waals surface area contributed by atoms with Crippen LogP contribution in [0, 0.1) is 0 Å². The molecule has 292 valence electrons. The third-order valence-corrected chi connectivity index (χ3v) is 15.4. The molecule has 6 aromatic carbocycles. The van der Waals surface area contributed by atoms with Crippen molar-refractivity contribution in [3.05, 3.63) is 166 Å². The highest BCUT2D eigenvalue weighted by molar-refractivity contribution is 7.99. The third-order valence-electron chi connectivity index (χ3n) is 14.2. The van der Waals surface area contributed by atoms with Crippen LogP contribution in [0.15, 0.2) is 120 Å². The molecular formula is C56H62S. The molecule has 0 saturated heterocycles. The van der Waals surface area contributed by atoms with Gasteiger partial charge in [-0.25, -0.2) is 0 Å². The van der Waals surface area contributed by atoms with Crippen LogP contribution in [0.1, 0.15) is 151 Å². The highest BCUT2D eigenvalue weighted by atomic mass is 32.2. The first-order valence-electron chi connectivity index (χ1n) is 21.4. The number of benzene rings is 6. The molecule has 0 N–H and O–H groups in total. The number of aryl methyl sites for hydroxylation is 2. The minimum absolute atomic E-state index is 0.174. The summed E-state index contributed by atoms with van der Waals surface area (Å²) in [6.45, 7) is 33.1. The van der Waals surface area contributed by atoms with Crippen LogP contribution in [0.4, 0.5) is 0 Å². The van der Waals surface area contributed by atoms with Gasteiger partial charge in [0.15, 0.2) is 0 Å². The molecule has 57 heavy (non-hydrogen) atoms. The Kier molecular flexibility index (Phi) is 9.84. The van der Waals surface area contributed by atoms with Crippen molar-refractivity contribution in [1.82, 2.24) is 0 Å². The van der Waals surface area contributed by atoms with Crippen LogP contribution >= 0.6 is 11.8 Å². The van der Waals surface area contributed by atoms with Gasteiger partial charge in [-0.2, -0.15) is 0 Å². The molecule has 8 rings (SSSR count). The van der Waals surface area contributed by atoms with E-state index in [-0.39, 0.29) is 21.7 Å². The third kappa shape index (κ3) is 6.93. The van der Waals surface area contributed by atoms with Gasteiger partial charge in [-0.15, -0.1) is 0 Å². The second-order valence-corrected chi connectivity index (χ2v) is 20.9. The maximum Gasteiger partial charge on any atom is 0.0160 e. The largest absolute Gasteiger partial charge is 0.0906 e. The van der Waals surface area contributed by atoms with Gasteiger partial charge >= 0.3 is 0 Å². The lowest BCUT2D eigenvalue weighted by molar-refractivity contribution is 0.332. The van der Waals surface area contributed by atoms with Crippen molar-refractivity contribution in [3.8, 4) is 0 Å². The number of hydrogen-bond acceptors (Lipinski definition) is 1. The molecule has 2 aliphatic rings. The Labute approximate surface area is 347 Å². The van der Waals surface area contributed by atoms with E-state index in [0.717, 1.165) is 24.0 Å². The minimum atomic E-state index is 0.174. The molecule has 6 aromatic rings. The second kappa shape index (κ2) is 14.2. The zero-order chi connectivity index (χ0) is 40.7. The summed E-state index contributed by atoms with van der Waals surface area (Å²) in [5.74, 6) is 0. The predicted octanol–water partition coefficient (Wildman–Crippen LogP) is 16.1. The van der Waals surface area contributed by atoms with Gasteiger partial charge in [0.25, 0.3) is 0 Å². The lowest BCUT2D eigenvalue weighted by Gasteiger charge is -2.42. The first-order valence-corrected chi connectivity index (χ1v) is 22.2. The molecule has 0 spiro atoms. The van der Waals surface area contributed by atoms with E-state index in [1.165, 1.54) is 113 Å². The smallest absolute Gasteiger partial charge is 0.0160 e. The van der Waals surface area contributed by atoms with Crippen LogP contribution < -0.4 is 0 Å². The molecule has 0 fully saturated rings. The van der Waals surface area contributed by atoms with E-state index >= 15 is 0 Å². The molecular weight excluding hydrogens is 705 g/mol. The van der Waals surface area contributed by atoms with E-state index in [1.54, 1.807) is 0 Å². The van der Waals surface area contributed by atoms with Gasteiger partial charge in [0.2, 0.25) is 0 Å². The highest BCUT2D eigenvalue weighted by Gasteiger charge is 2.38. The van der Waals surface area contributed by atoms with Crippen LogP contribution in [-0.2, 0) is 34.5 Å². The van der Waals surface area contributed by atoms with E-state index in [2.05, 4.69) is 179 Å². The Morgan fingerprint density at radius 2 is 0.772 bits per heavy atom. The van der Waals surface area contributed by atoms with Crippen LogP contribution in [0.3, 0.4) is 0 Å². The fourth-order valence-electron chi connectivity index (χ4n) is 10.0. The average Bonchev–Trinajstić information content (AvgIpc) is 3.20. The summed E-state index contributed by atoms with van der Waals surface area (Å²) < 4.78 is 0. The molecule has 0 aliphatic heterocycles. The van der Waals surface area contributed by atoms with Gasteiger partial charge in [0.05, 0.1) is 0 Å². The zero-order valence-corrected chi connectivity index (χ0v) is 37.1. The Bertz CT molecular complexity index is 2420. The standard InChI is InChI=1S/C56H62S/c1-13-43-45-21-15-37(35(3)39-17-23-47-49(33-39)55(9,10)29-27-53(47,5)6)31-41(45)19-25-51(43)57-52-26-20-42-32-38(16-22-46(42)44(52)14-2)36(4)40-18-24-48-50(34-40)56(11,12)30-28-54(48,7)8/h15-26,31-34H,3-4,13-14,27-30H2,1-2,5-12H3. The van der Waals surface area contributed by atoms with Gasteiger partial charge in [-0.05, 0) is 173 Å². The summed E-state index contributed by atoms with van der Waals surface area (Å²) in [7, 11) is 0. The van der Waals surface area contributed by atoms with Crippen molar-refractivity contribution < 1.29 is 0 Å². The molecule has 2 aliphatic carbocycles. The summed E-state index contributed by atoms with van der Waals surface area (Å²) in [5.41, 5.74) is 16.6. The molecule has 0 bridgehead atoms. The van der Waals surface area contributed by atoms with E-state index < -0.39 is 0 Å². The van der Waals surface area contributed by atoms with Crippen LogP contribution in [0.25, 0.3) is 32.7 Å². The lowest BCUT2D eigenvalue weighted by Crippen LogP contribution is -2.33. The molecule has 0 saturated carbocycles. The summed E-state index contributed by atoms with van der Waals surface area (Å²) >= 11 is 1.92. The fraction of sp³-hybridized carbons (Fsp3) is 0.357. The molecule has 0 amide bonds. The number of fused-ring (bicyclic) bond motifs is 4. The molecule has 0 atom stereocenters. The first-order chi connectivity index (χ1) is 26.9. The average molecular weight is 767 g/mol. The second-order valence-electron chi connectivity index (χ2n) is 19.8. The lowest BCUT2D eigenvalue weighted by atomic mass is 9.63. The van der Waals surface area contributed by atoms with E-state index in [1.807, 2.05) is 11.8 Å². The van der Waals surface area contributed by atoms with Crippen LogP contribution in [0.2, 0.25) is 0 Å². The quantitative estimate of drug-likeness (QED) is 0.149. The van der Waals surface area contributed by atoms with Crippen LogP contribution in [0.5, 0.6) is 0 Å². The Hall–Kier alpha value is -4.33. The summed E-state index contributed by atoms with van der Waals surface area (Å²) in [5, 5.41) is 5.23. The SMILES string of the molecule is C=C(c1ccc2c(c1)C(C)(C)CCC2(C)C)c1ccc2c(CC)c(Sc3ccc4cc(C(=C)c5ccc6c(c5)C(C)(C)CCC6(C)C)ccc4c3CC)ccc2c1. The summed E-state index contributed by atoms with van der Waals surface area (Å²) in [6, 6.07) is 37.5. The van der Waals surface area contributed by atoms with Crippen molar-refractivity contribution in [2.24, 2.45) is 0 Å². The molecule has 0 aromatic heterocycles. The van der Waals surface area contributed by atoms with Gasteiger partial charge in [0.1, 0.15) is 0 Å². The van der Waals surface area contributed by atoms with E-state index in [4.69, 9.17) is 0 Å². The molecule has 0 radical (unpaired) electrons. The maximum atomic E-state index is 4.64. The Morgan fingerprint density at radius 3 is 1.14 bits per heavy atom. The van der Waals surface area contributed by atoms with Gasteiger partial charge in [-0.3, -0.25) is 0 Å². The fourth-order valence-corrected chi connectivity index (χ4v) is 11.3. The van der Waals surface area contributed by atoms with Crippen LogP contribution in [-0.4, -0.2) is 0 Å². The number of rotatable bonds is 8. The van der Waals surface area contributed by atoms with Crippen molar-refractivity contribution in [1.29, 1.82) is 0 Å². The van der Waals surface area contributed by atoms with Gasteiger partial charge in [0, 0.05) is 9.79 Å². The minimum Gasteiger partial charge on any atom is -0.0906 e. The van der Waals surface area contributed by atoms with E-state index in [9.17, 15) is 0 Å². The highest BCUT2D eigenvalue weighted by Crippen LogP contribution is 2.48. The predicted molar refractivity (Wildman–Crippen MR) is 251 cm³/mol. The topological polar surface area (TPSA) is 0 Å². The van der Waals surface area contributed by atoms with Crippen molar-refractivity contribution in [2.75, 3.05) is 0 Å². The van der Waals surface area contributed by atoms with Crippen molar-refractivity contribution in [2.45, 2.75) is 139 Å². The van der Waals surface area contributed by atoms with Gasteiger partial charge in [-0.1, -0.05) is 167 Å². The van der Waals surface area contributed by atoms with E-state index in [0.29, 0.717) is 0 Å². The monoisotopic (exact) mass is 766 g/mol. The molecule has 1 heteroatoms.